The fourth-order valence-corrected chi connectivity index (χ4v) is 2.79. The molecule has 0 spiro atoms. The minimum Gasteiger partial charge on any atom is -0.486 e. The van der Waals surface area contributed by atoms with Crippen LogP contribution in [-0.2, 0) is 17.8 Å². The second-order valence-corrected chi connectivity index (χ2v) is 5.72. The number of ether oxygens (including phenoxy) is 2. The van der Waals surface area contributed by atoms with E-state index < -0.39 is 5.97 Å². The average molecular weight is 308 g/mol. The van der Waals surface area contributed by atoms with Crippen molar-refractivity contribution in [3.8, 4) is 11.5 Å². The fraction of sp³-hybridized carbons (Fsp3) is 0.429. The summed E-state index contributed by atoms with van der Waals surface area (Å²) < 4.78 is 12.9. The van der Waals surface area contributed by atoms with Gasteiger partial charge in [0.15, 0.2) is 11.5 Å². The van der Waals surface area contributed by atoms with Crippen molar-refractivity contribution in [2.75, 3.05) is 25.2 Å². The van der Waals surface area contributed by atoms with Gasteiger partial charge in [-0.3, -0.25) is 4.79 Å². The van der Waals surface area contributed by atoms with Gasteiger partial charge in [0.1, 0.15) is 25.6 Å². The van der Waals surface area contributed by atoms with Gasteiger partial charge in [-0.15, -0.1) is 0 Å². The molecule has 0 saturated heterocycles. The van der Waals surface area contributed by atoms with E-state index in [9.17, 15) is 4.79 Å². The zero-order valence-corrected chi connectivity index (χ0v) is 12.5. The summed E-state index contributed by atoms with van der Waals surface area (Å²) in [7, 11) is 0. The summed E-state index contributed by atoms with van der Waals surface area (Å²) >= 11 is 1.71. The predicted octanol–water partition coefficient (Wildman–Crippen LogP) is 1.80. The Labute approximate surface area is 126 Å². The van der Waals surface area contributed by atoms with Crippen molar-refractivity contribution in [1.82, 2.24) is 9.55 Å². The standard InChI is InChI=1S/C14H16N2O4S/c1-21-5-2-13-15-9-6-11-12(20-4-3-19-11)7-10(9)16(13)8-14(17)18/h6-7H,2-5,8H2,1H3,(H,17,18). The van der Waals surface area contributed by atoms with Crippen LogP contribution in [0.4, 0.5) is 0 Å². The number of thioether (sulfide) groups is 1. The lowest BCUT2D eigenvalue weighted by Gasteiger charge is -2.18. The molecule has 2 heterocycles. The van der Waals surface area contributed by atoms with E-state index in [-0.39, 0.29) is 6.54 Å². The number of rotatable bonds is 5. The topological polar surface area (TPSA) is 73.6 Å². The van der Waals surface area contributed by atoms with Crippen molar-refractivity contribution in [3.63, 3.8) is 0 Å². The first kappa shape index (κ1) is 14.1. The molecule has 0 fully saturated rings. The summed E-state index contributed by atoms with van der Waals surface area (Å²) in [5.41, 5.74) is 1.52. The van der Waals surface area contributed by atoms with Crippen molar-refractivity contribution in [3.05, 3.63) is 18.0 Å². The third-order valence-electron chi connectivity index (χ3n) is 3.31. The Morgan fingerprint density at radius 1 is 1.38 bits per heavy atom. The molecule has 1 aliphatic rings. The van der Waals surface area contributed by atoms with Gasteiger partial charge in [0, 0.05) is 24.3 Å². The number of hydrogen-bond donors (Lipinski definition) is 1. The van der Waals surface area contributed by atoms with Crippen molar-refractivity contribution < 1.29 is 19.4 Å². The summed E-state index contributed by atoms with van der Waals surface area (Å²) in [5.74, 6) is 2.12. The Kier molecular flexibility index (Phi) is 3.92. The third-order valence-corrected chi connectivity index (χ3v) is 3.93. The van der Waals surface area contributed by atoms with Crippen LogP contribution >= 0.6 is 11.8 Å². The van der Waals surface area contributed by atoms with E-state index in [2.05, 4.69) is 4.98 Å². The highest BCUT2D eigenvalue weighted by Gasteiger charge is 2.19. The quantitative estimate of drug-likeness (QED) is 0.908. The van der Waals surface area contributed by atoms with Crippen molar-refractivity contribution in [2.24, 2.45) is 0 Å². The molecule has 0 bridgehead atoms. The van der Waals surface area contributed by atoms with Gasteiger partial charge >= 0.3 is 5.97 Å². The Bertz CT molecular complexity index is 683. The van der Waals surface area contributed by atoms with Crippen LogP contribution in [0.25, 0.3) is 11.0 Å². The summed E-state index contributed by atoms with van der Waals surface area (Å²) in [6.07, 6.45) is 2.75. The second-order valence-electron chi connectivity index (χ2n) is 4.74. The van der Waals surface area contributed by atoms with E-state index in [1.807, 2.05) is 18.4 Å². The van der Waals surface area contributed by atoms with E-state index in [4.69, 9.17) is 14.6 Å². The summed E-state index contributed by atoms with van der Waals surface area (Å²) in [6.45, 7) is 0.929. The molecule has 0 radical (unpaired) electrons. The van der Waals surface area contributed by atoms with Crippen LogP contribution < -0.4 is 9.47 Å². The minimum atomic E-state index is -0.880. The highest BCUT2D eigenvalue weighted by atomic mass is 32.2. The Morgan fingerprint density at radius 3 is 2.76 bits per heavy atom. The number of hydrogen-bond acceptors (Lipinski definition) is 5. The lowest BCUT2D eigenvalue weighted by molar-refractivity contribution is -0.137. The predicted molar refractivity (Wildman–Crippen MR) is 80.4 cm³/mol. The first-order valence-corrected chi connectivity index (χ1v) is 8.08. The summed E-state index contributed by atoms with van der Waals surface area (Å²) in [4.78, 5) is 15.7. The van der Waals surface area contributed by atoms with E-state index in [0.717, 1.165) is 29.0 Å². The van der Waals surface area contributed by atoms with Crippen LogP contribution in [0.1, 0.15) is 5.82 Å². The highest BCUT2D eigenvalue weighted by molar-refractivity contribution is 7.98. The smallest absolute Gasteiger partial charge is 0.323 e. The molecule has 7 heteroatoms. The zero-order valence-electron chi connectivity index (χ0n) is 11.7. The van der Waals surface area contributed by atoms with E-state index >= 15 is 0 Å². The first-order chi connectivity index (χ1) is 10.2. The van der Waals surface area contributed by atoms with Crippen LogP contribution in [0, 0.1) is 0 Å². The molecule has 1 aliphatic heterocycles. The summed E-state index contributed by atoms with van der Waals surface area (Å²) in [6, 6.07) is 3.65. The number of carboxylic acid groups (broad SMARTS) is 1. The normalized spacial score (nSPS) is 13.6. The minimum absolute atomic E-state index is 0.0974. The molecule has 0 atom stereocenters. The largest absolute Gasteiger partial charge is 0.486 e. The van der Waals surface area contributed by atoms with Gasteiger partial charge in [-0.05, 0) is 6.26 Å². The molecule has 3 rings (SSSR count). The maximum absolute atomic E-state index is 11.1. The molecule has 1 N–H and O–H groups in total. The number of aryl methyl sites for hydroxylation is 1. The zero-order chi connectivity index (χ0) is 14.8. The van der Waals surface area contributed by atoms with Gasteiger partial charge in [-0.2, -0.15) is 11.8 Å². The third kappa shape index (κ3) is 2.78. The number of carboxylic acids is 1. The lowest BCUT2D eigenvalue weighted by Crippen LogP contribution is -2.15. The molecule has 0 aliphatic carbocycles. The Hall–Kier alpha value is -1.89. The number of aliphatic carboxylic acids is 1. The second kappa shape index (κ2) is 5.85. The average Bonchev–Trinajstić information content (AvgIpc) is 2.79. The maximum atomic E-state index is 11.1. The van der Waals surface area contributed by atoms with Gasteiger partial charge in [0.05, 0.1) is 11.0 Å². The van der Waals surface area contributed by atoms with Gasteiger partial charge in [-0.25, -0.2) is 4.98 Å². The van der Waals surface area contributed by atoms with Crippen molar-refractivity contribution >= 4 is 28.8 Å². The molecule has 1 aromatic heterocycles. The Morgan fingerprint density at radius 2 is 2.10 bits per heavy atom. The monoisotopic (exact) mass is 308 g/mol. The molecule has 112 valence electrons. The van der Waals surface area contributed by atoms with Crippen LogP contribution in [0.3, 0.4) is 0 Å². The van der Waals surface area contributed by atoms with E-state index in [1.165, 1.54) is 0 Å². The number of fused-ring (bicyclic) bond motifs is 2. The van der Waals surface area contributed by atoms with Gasteiger partial charge in [0.2, 0.25) is 0 Å². The number of carbonyl (C=O) groups is 1. The molecular weight excluding hydrogens is 292 g/mol. The van der Waals surface area contributed by atoms with Crippen molar-refractivity contribution in [1.29, 1.82) is 0 Å². The number of nitrogens with zero attached hydrogens (tertiary/aromatic N) is 2. The van der Waals surface area contributed by atoms with Crippen molar-refractivity contribution in [2.45, 2.75) is 13.0 Å². The molecule has 0 saturated carbocycles. The van der Waals surface area contributed by atoms with Gasteiger partial charge < -0.3 is 19.1 Å². The molecule has 6 nitrogen and oxygen atoms in total. The number of imidazole rings is 1. The highest BCUT2D eigenvalue weighted by Crippen LogP contribution is 2.34. The molecule has 0 amide bonds. The summed E-state index contributed by atoms with van der Waals surface area (Å²) in [5, 5.41) is 9.12. The fourth-order valence-electron chi connectivity index (χ4n) is 2.41. The van der Waals surface area contributed by atoms with E-state index in [0.29, 0.717) is 24.7 Å². The number of aromatic nitrogens is 2. The lowest BCUT2D eigenvalue weighted by atomic mass is 10.2. The van der Waals surface area contributed by atoms with Crippen LogP contribution in [0.5, 0.6) is 11.5 Å². The molecule has 2 aromatic rings. The number of benzene rings is 1. The molecule has 21 heavy (non-hydrogen) atoms. The van der Waals surface area contributed by atoms with E-state index in [1.54, 1.807) is 16.3 Å². The molecule has 0 unspecified atom stereocenters. The van der Waals surface area contributed by atoms with Gasteiger partial charge in [-0.1, -0.05) is 0 Å². The van der Waals surface area contributed by atoms with Gasteiger partial charge in [0.25, 0.3) is 0 Å². The molecule has 1 aromatic carbocycles. The van der Waals surface area contributed by atoms with Crippen LogP contribution in [-0.4, -0.2) is 45.8 Å². The van der Waals surface area contributed by atoms with Crippen LogP contribution in [0.2, 0.25) is 0 Å². The first-order valence-electron chi connectivity index (χ1n) is 6.68. The maximum Gasteiger partial charge on any atom is 0.323 e. The Balaban J connectivity index is 2.10. The van der Waals surface area contributed by atoms with Crippen LogP contribution in [0.15, 0.2) is 12.1 Å². The molecular formula is C14H16N2O4S. The SMILES string of the molecule is CSCCc1nc2cc3c(cc2n1CC(=O)O)OCCO3.